The highest BCUT2D eigenvalue weighted by Crippen LogP contribution is 2.24. The molecular formula is C21H22Cl2N4OS. The zero-order valence-corrected chi connectivity index (χ0v) is 18.4. The Bertz CT molecular complexity index is 986. The molecule has 0 bridgehead atoms. The van der Waals surface area contributed by atoms with Crippen LogP contribution in [0.25, 0.3) is 5.69 Å². The van der Waals surface area contributed by atoms with Crippen molar-refractivity contribution < 1.29 is 4.79 Å². The molecule has 5 nitrogen and oxygen atoms in total. The quantitative estimate of drug-likeness (QED) is 0.545. The maximum absolute atomic E-state index is 13.0. The van der Waals surface area contributed by atoms with Crippen molar-refractivity contribution in [2.75, 3.05) is 37.3 Å². The van der Waals surface area contributed by atoms with Crippen molar-refractivity contribution in [3.05, 3.63) is 71.5 Å². The first kappa shape index (κ1) is 21.6. The van der Waals surface area contributed by atoms with Gasteiger partial charge < -0.3 is 9.80 Å². The summed E-state index contributed by atoms with van der Waals surface area (Å²) in [5.74, 6) is 0.974. The standard InChI is InChI=1S/C21H21ClN4OS.ClH/c1-28-19-8-3-2-7-18(19)20(27)24-11-13-25(14-12-24)21-23-9-10-26(21)17-6-4-5-16(22)15-17;/h2-10,15H,11-14H2,1H3;1H. The van der Waals surface area contributed by atoms with Gasteiger partial charge in [-0.2, -0.15) is 0 Å². The highest BCUT2D eigenvalue weighted by molar-refractivity contribution is 7.98. The lowest BCUT2D eigenvalue weighted by atomic mass is 10.2. The molecular weight excluding hydrogens is 427 g/mol. The van der Waals surface area contributed by atoms with Crippen molar-refractivity contribution in [1.29, 1.82) is 0 Å². The van der Waals surface area contributed by atoms with Gasteiger partial charge in [-0.25, -0.2) is 4.98 Å². The maximum Gasteiger partial charge on any atom is 0.255 e. The molecule has 0 atom stereocenters. The number of rotatable bonds is 4. The summed E-state index contributed by atoms with van der Waals surface area (Å²) in [6.45, 7) is 2.82. The van der Waals surface area contributed by atoms with Crippen molar-refractivity contribution in [1.82, 2.24) is 14.5 Å². The maximum atomic E-state index is 13.0. The lowest BCUT2D eigenvalue weighted by molar-refractivity contribution is 0.0742. The van der Waals surface area contributed by atoms with Crippen LogP contribution in [0.3, 0.4) is 0 Å². The number of halogens is 2. The van der Waals surface area contributed by atoms with Gasteiger partial charge in [0.1, 0.15) is 0 Å². The number of thioether (sulfide) groups is 1. The molecule has 1 aliphatic rings. The van der Waals surface area contributed by atoms with Gasteiger partial charge in [-0.3, -0.25) is 9.36 Å². The lowest BCUT2D eigenvalue weighted by Crippen LogP contribution is -2.49. The first-order chi connectivity index (χ1) is 13.7. The van der Waals surface area contributed by atoms with Crippen LogP contribution in [0.5, 0.6) is 0 Å². The van der Waals surface area contributed by atoms with Crippen LogP contribution in [0.2, 0.25) is 5.02 Å². The number of nitrogens with zero attached hydrogens (tertiary/aromatic N) is 4. The average Bonchev–Trinajstić information content (AvgIpc) is 3.23. The second-order valence-corrected chi connectivity index (χ2v) is 7.84. The monoisotopic (exact) mass is 448 g/mol. The van der Waals surface area contributed by atoms with E-state index in [-0.39, 0.29) is 18.3 Å². The van der Waals surface area contributed by atoms with Crippen LogP contribution in [0, 0.1) is 0 Å². The summed E-state index contributed by atoms with van der Waals surface area (Å²) >= 11 is 7.75. The molecule has 4 rings (SSSR count). The minimum Gasteiger partial charge on any atom is -0.338 e. The van der Waals surface area contributed by atoms with Crippen LogP contribution in [0.1, 0.15) is 10.4 Å². The highest BCUT2D eigenvalue weighted by Gasteiger charge is 2.25. The van der Waals surface area contributed by atoms with Crippen molar-refractivity contribution in [2.24, 2.45) is 0 Å². The average molecular weight is 449 g/mol. The van der Waals surface area contributed by atoms with Crippen LogP contribution < -0.4 is 4.90 Å². The molecule has 1 saturated heterocycles. The van der Waals surface area contributed by atoms with Gasteiger partial charge in [0.25, 0.3) is 5.91 Å². The van der Waals surface area contributed by atoms with E-state index in [4.69, 9.17) is 11.6 Å². The van der Waals surface area contributed by atoms with Crippen LogP contribution in [-0.4, -0.2) is 52.8 Å². The van der Waals surface area contributed by atoms with Gasteiger partial charge in [-0.1, -0.05) is 29.8 Å². The van der Waals surface area contributed by atoms with Gasteiger partial charge in [-0.05, 0) is 36.6 Å². The summed E-state index contributed by atoms with van der Waals surface area (Å²) in [5, 5.41) is 0.694. The van der Waals surface area contributed by atoms with E-state index in [0.717, 1.165) is 35.2 Å². The van der Waals surface area contributed by atoms with Crippen molar-refractivity contribution >= 4 is 47.6 Å². The number of anilines is 1. The normalized spacial score (nSPS) is 13.9. The fraction of sp³-hybridized carbons (Fsp3) is 0.238. The van der Waals surface area contributed by atoms with E-state index < -0.39 is 0 Å². The second-order valence-electron chi connectivity index (χ2n) is 6.56. The number of carbonyl (C=O) groups excluding carboxylic acids is 1. The fourth-order valence-corrected chi connectivity index (χ4v) is 4.23. The Labute approximate surface area is 186 Å². The SMILES string of the molecule is CSc1ccccc1C(=O)N1CCN(c2nccn2-c2cccc(Cl)c2)CC1.Cl. The van der Waals surface area contributed by atoms with E-state index in [1.54, 1.807) is 18.0 Å². The first-order valence-corrected chi connectivity index (χ1v) is 10.7. The summed E-state index contributed by atoms with van der Waals surface area (Å²) in [6.07, 6.45) is 5.73. The van der Waals surface area contributed by atoms with E-state index in [0.29, 0.717) is 18.1 Å². The first-order valence-electron chi connectivity index (χ1n) is 9.14. The Morgan fingerprint density at radius 1 is 1.07 bits per heavy atom. The summed E-state index contributed by atoms with van der Waals surface area (Å²) in [5.41, 5.74) is 1.76. The molecule has 0 aliphatic carbocycles. The van der Waals surface area contributed by atoms with E-state index >= 15 is 0 Å². The molecule has 1 amide bonds. The number of amides is 1. The number of piperazine rings is 1. The Morgan fingerprint density at radius 2 is 1.83 bits per heavy atom. The van der Waals surface area contributed by atoms with Gasteiger partial charge in [0.05, 0.1) is 5.56 Å². The molecule has 2 heterocycles. The number of imidazole rings is 1. The third-order valence-electron chi connectivity index (χ3n) is 4.89. The summed E-state index contributed by atoms with van der Waals surface area (Å²) in [4.78, 5) is 22.7. The fourth-order valence-electron chi connectivity index (χ4n) is 3.46. The Morgan fingerprint density at radius 3 is 2.55 bits per heavy atom. The lowest BCUT2D eigenvalue weighted by Gasteiger charge is -2.35. The molecule has 1 fully saturated rings. The largest absolute Gasteiger partial charge is 0.338 e. The molecule has 0 saturated carbocycles. The molecule has 0 spiro atoms. The van der Waals surface area contributed by atoms with Crippen molar-refractivity contribution in [2.45, 2.75) is 4.90 Å². The molecule has 29 heavy (non-hydrogen) atoms. The van der Waals surface area contributed by atoms with Crippen LogP contribution in [0.4, 0.5) is 5.95 Å². The number of aromatic nitrogens is 2. The number of carbonyl (C=O) groups is 1. The zero-order valence-electron chi connectivity index (χ0n) is 16.0. The van der Waals surface area contributed by atoms with E-state index in [1.807, 2.05) is 70.5 Å². The molecule has 3 aromatic rings. The summed E-state index contributed by atoms with van der Waals surface area (Å²) in [7, 11) is 0. The molecule has 0 radical (unpaired) electrons. The summed E-state index contributed by atoms with van der Waals surface area (Å²) < 4.78 is 2.03. The second kappa shape index (κ2) is 9.57. The third-order valence-corrected chi connectivity index (χ3v) is 5.93. The minimum absolute atomic E-state index is 0. The molecule has 2 aromatic carbocycles. The van der Waals surface area contributed by atoms with Gasteiger partial charge in [-0.15, -0.1) is 24.2 Å². The van der Waals surface area contributed by atoms with Gasteiger partial charge in [0, 0.05) is 54.2 Å². The molecule has 0 unspecified atom stereocenters. The minimum atomic E-state index is 0. The van der Waals surface area contributed by atoms with E-state index in [2.05, 4.69) is 9.88 Å². The van der Waals surface area contributed by atoms with Crippen molar-refractivity contribution in [3.8, 4) is 5.69 Å². The molecule has 152 valence electrons. The smallest absolute Gasteiger partial charge is 0.255 e. The van der Waals surface area contributed by atoms with Crippen molar-refractivity contribution in [3.63, 3.8) is 0 Å². The van der Waals surface area contributed by atoms with Crippen LogP contribution in [-0.2, 0) is 0 Å². The Balaban J connectivity index is 0.00000240. The summed E-state index contributed by atoms with van der Waals surface area (Å²) in [6, 6.07) is 15.5. The van der Waals surface area contributed by atoms with Gasteiger partial charge >= 0.3 is 0 Å². The molecule has 1 aliphatic heterocycles. The third kappa shape index (κ3) is 4.55. The van der Waals surface area contributed by atoms with Gasteiger partial charge in [0.2, 0.25) is 5.95 Å². The Hall–Kier alpha value is -2.15. The molecule has 0 N–H and O–H groups in total. The number of hydrogen-bond donors (Lipinski definition) is 0. The predicted molar refractivity (Wildman–Crippen MR) is 122 cm³/mol. The van der Waals surface area contributed by atoms with Gasteiger partial charge in [0.15, 0.2) is 0 Å². The van der Waals surface area contributed by atoms with Crippen LogP contribution >= 0.6 is 35.8 Å². The predicted octanol–water partition coefficient (Wildman–Crippen LogP) is 4.63. The van der Waals surface area contributed by atoms with Crippen LogP contribution in [0.15, 0.2) is 65.8 Å². The Kier molecular flexibility index (Phi) is 7.11. The highest BCUT2D eigenvalue weighted by atomic mass is 35.5. The molecule has 8 heteroatoms. The topological polar surface area (TPSA) is 41.4 Å². The number of hydrogen-bond acceptors (Lipinski definition) is 4. The number of benzene rings is 2. The molecule has 1 aromatic heterocycles. The van der Waals surface area contributed by atoms with E-state index in [1.165, 1.54) is 0 Å². The zero-order chi connectivity index (χ0) is 19.5. The van der Waals surface area contributed by atoms with E-state index in [9.17, 15) is 4.79 Å².